The predicted molar refractivity (Wildman–Crippen MR) is 390 cm³/mol. The zero-order valence-corrected chi connectivity index (χ0v) is 62.1. The summed E-state index contributed by atoms with van der Waals surface area (Å²) in [5.74, 6) is -0.185. The van der Waals surface area contributed by atoms with E-state index in [1.165, 1.54) is 385 Å². The Morgan fingerprint density at radius 3 is 0.843 bits per heavy atom. The average Bonchev–Trinajstić information content (AvgIpc) is 3.62. The maximum absolute atomic E-state index is 13.1. The number of nitrogens with one attached hydrogen (secondary N) is 1. The molecule has 0 aromatic rings. The van der Waals surface area contributed by atoms with Crippen LogP contribution in [-0.2, 0) is 18.4 Å². The molecule has 532 valence electrons. The minimum absolute atomic E-state index is 0.00319. The van der Waals surface area contributed by atoms with Crippen molar-refractivity contribution >= 4 is 13.7 Å². The molecule has 0 heterocycles. The number of hydrogen-bond acceptors (Lipinski definition) is 6. The third-order valence-electron chi connectivity index (χ3n) is 19.2. The molecule has 2 N–H and O–H groups in total. The molecular weight excluding hydrogens is 1120 g/mol. The van der Waals surface area contributed by atoms with E-state index in [-0.39, 0.29) is 19.1 Å². The predicted octanol–water partition coefficient (Wildman–Crippen LogP) is 25.8. The van der Waals surface area contributed by atoms with E-state index in [1.807, 2.05) is 27.2 Å². The minimum Gasteiger partial charge on any atom is -0.756 e. The summed E-state index contributed by atoms with van der Waals surface area (Å²) in [6.07, 6.45) is 93.9. The molecule has 0 saturated carbocycles. The van der Waals surface area contributed by atoms with E-state index in [4.69, 9.17) is 9.05 Å². The summed E-state index contributed by atoms with van der Waals surface area (Å²) in [5.41, 5.74) is 0. The van der Waals surface area contributed by atoms with Crippen LogP contribution in [0.25, 0.3) is 0 Å². The van der Waals surface area contributed by atoms with Crippen LogP contribution < -0.4 is 10.2 Å². The lowest BCUT2D eigenvalue weighted by molar-refractivity contribution is -0.870. The number of quaternary nitrogens is 1. The standard InChI is InChI=1S/C80H161N2O6P/c1-6-8-10-12-14-16-18-20-22-24-26-28-30-32-34-36-38-40-41-42-44-46-48-50-52-54-56-58-60-62-64-66-68-70-72-74-80(84)81-78(77-88-89(85,86)87-76-75-82(3,4)5)79(83)73-71-69-67-65-63-61-59-57-55-53-51-49-47-45-43-39-37-35-33-31-29-27-25-23-21-19-17-15-13-11-9-7-2/h71,73,78-79,83H,6-70,72,74-77H2,1-5H3,(H-,81,84,85,86)/b73-71+. The van der Waals surface area contributed by atoms with Crippen LogP contribution in [0.3, 0.4) is 0 Å². The zero-order chi connectivity index (χ0) is 64.8. The summed E-state index contributed by atoms with van der Waals surface area (Å²) in [6.45, 7) is 4.74. The van der Waals surface area contributed by atoms with Crippen LogP contribution in [-0.4, -0.2) is 68.5 Å². The number of likely N-dealkylation sites (N-methyl/N-ethyl adjacent to an activating group) is 1. The maximum Gasteiger partial charge on any atom is 0.268 e. The van der Waals surface area contributed by atoms with Crippen LogP contribution in [0.15, 0.2) is 12.2 Å². The second-order valence-electron chi connectivity index (χ2n) is 29.5. The fourth-order valence-electron chi connectivity index (χ4n) is 13.0. The van der Waals surface area contributed by atoms with Gasteiger partial charge in [0.2, 0.25) is 5.91 Å². The molecule has 0 aliphatic rings. The molecule has 0 radical (unpaired) electrons. The van der Waals surface area contributed by atoms with E-state index in [0.717, 1.165) is 38.5 Å². The van der Waals surface area contributed by atoms with Gasteiger partial charge >= 0.3 is 0 Å². The molecule has 3 unspecified atom stereocenters. The molecule has 9 heteroatoms. The second kappa shape index (κ2) is 71.5. The minimum atomic E-state index is -4.60. The summed E-state index contributed by atoms with van der Waals surface area (Å²) in [5, 5.41) is 14.0. The van der Waals surface area contributed by atoms with Crippen molar-refractivity contribution in [1.82, 2.24) is 5.32 Å². The second-order valence-corrected chi connectivity index (χ2v) is 30.9. The van der Waals surface area contributed by atoms with Crippen LogP contribution in [0, 0.1) is 0 Å². The number of amides is 1. The van der Waals surface area contributed by atoms with Crippen LogP contribution in [0.1, 0.15) is 444 Å². The number of carbonyl (C=O) groups is 1. The first kappa shape index (κ1) is 88.2. The van der Waals surface area contributed by atoms with Crippen LogP contribution in [0.5, 0.6) is 0 Å². The molecule has 0 spiro atoms. The molecule has 8 nitrogen and oxygen atoms in total. The number of nitrogens with zero attached hydrogens (tertiary/aromatic N) is 1. The first-order chi connectivity index (χ1) is 43.5. The monoisotopic (exact) mass is 1280 g/mol. The number of phosphoric acid groups is 1. The summed E-state index contributed by atoms with van der Waals surface area (Å²) in [7, 11) is 1.29. The van der Waals surface area contributed by atoms with Gasteiger partial charge in [-0.25, -0.2) is 0 Å². The van der Waals surface area contributed by atoms with E-state index in [0.29, 0.717) is 17.4 Å². The van der Waals surface area contributed by atoms with Crippen molar-refractivity contribution in [3.8, 4) is 0 Å². The lowest BCUT2D eigenvalue weighted by atomic mass is 10.0. The van der Waals surface area contributed by atoms with Gasteiger partial charge in [0.25, 0.3) is 7.82 Å². The normalized spacial score (nSPS) is 13.5. The smallest absolute Gasteiger partial charge is 0.268 e. The third-order valence-corrected chi connectivity index (χ3v) is 20.2. The Kier molecular flexibility index (Phi) is 70.9. The van der Waals surface area contributed by atoms with Gasteiger partial charge in [0.15, 0.2) is 0 Å². The Bertz CT molecular complexity index is 1460. The molecule has 0 fully saturated rings. The molecule has 0 aromatic heterocycles. The quantitative estimate of drug-likeness (QED) is 0.0272. The number of aliphatic hydroxyl groups is 1. The zero-order valence-electron chi connectivity index (χ0n) is 61.2. The van der Waals surface area contributed by atoms with E-state index < -0.39 is 20.0 Å². The van der Waals surface area contributed by atoms with Gasteiger partial charge in [-0.2, -0.15) is 0 Å². The van der Waals surface area contributed by atoms with Crippen molar-refractivity contribution in [3.63, 3.8) is 0 Å². The molecule has 0 aromatic carbocycles. The number of aliphatic hydroxyl groups excluding tert-OH is 1. The van der Waals surface area contributed by atoms with E-state index in [2.05, 4.69) is 19.2 Å². The number of allylic oxidation sites excluding steroid dienone is 1. The first-order valence-corrected chi connectivity index (χ1v) is 42.0. The number of hydrogen-bond donors (Lipinski definition) is 2. The summed E-state index contributed by atoms with van der Waals surface area (Å²) < 4.78 is 23.5. The number of rotatable bonds is 77. The third kappa shape index (κ3) is 74.5. The molecule has 0 aliphatic carbocycles. The SMILES string of the molecule is CCCCCCCCCCCCCCCCCCCCCCCCCCCCCCCC/C=C/C(O)C(COP(=O)([O-])OCC[N+](C)(C)C)NC(=O)CCCCCCCCCCCCCCCCCCCCCCCCCCCCCCCCCCCCC. The largest absolute Gasteiger partial charge is 0.756 e. The highest BCUT2D eigenvalue weighted by atomic mass is 31.2. The molecule has 1 amide bonds. The lowest BCUT2D eigenvalue weighted by Gasteiger charge is -2.29. The molecule has 0 saturated heterocycles. The van der Waals surface area contributed by atoms with Gasteiger partial charge in [-0.3, -0.25) is 9.36 Å². The number of carbonyl (C=O) groups excluding carboxylic acids is 1. The Morgan fingerprint density at radius 2 is 0.607 bits per heavy atom. The molecule has 89 heavy (non-hydrogen) atoms. The van der Waals surface area contributed by atoms with Crippen molar-refractivity contribution in [2.24, 2.45) is 0 Å². The molecule has 3 atom stereocenters. The average molecular weight is 1280 g/mol. The van der Waals surface area contributed by atoms with Crippen molar-refractivity contribution in [1.29, 1.82) is 0 Å². The maximum atomic E-state index is 13.1. The molecule has 0 aliphatic heterocycles. The highest BCUT2D eigenvalue weighted by Gasteiger charge is 2.23. The van der Waals surface area contributed by atoms with Crippen LogP contribution in [0.4, 0.5) is 0 Å². The fourth-order valence-corrected chi connectivity index (χ4v) is 13.7. The Hall–Kier alpha value is -0.760. The van der Waals surface area contributed by atoms with E-state index >= 15 is 0 Å². The van der Waals surface area contributed by atoms with E-state index in [1.54, 1.807) is 6.08 Å². The van der Waals surface area contributed by atoms with Crippen molar-refractivity contribution in [3.05, 3.63) is 12.2 Å². The van der Waals surface area contributed by atoms with Crippen molar-refractivity contribution in [2.75, 3.05) is 40.9 Å². The summed E-state index contributed by atoms with van der Waals surface area (Å²) in [4.78, 5) is 25.7. The van der Waals surface area contributed by atoms with Crippen LogP contribution in [0.2, 0.25) is 0 Å². The number of phosphoric ester groups is 1. The summed E-state index contributed by atoms with van der Waals surface area (Å²) in [6, 6.07) is -0.885. The summed E-state index contributed by atoms with van der Waals surface area (Å²) >= 11 is 0. The highest BCUT2D eigenvalue weighted by molar-refractivity contribution is 7.45. The van der Waals surface area contributed by atoms with Gasteiger partial charge in [0.1, 0.15) is 13.2 Å². The number of unbranched alkanes of at least 4 members (excludes halogenated alkanes) is 64. The Balaban J connectivity index is 3.92. The lowest BCUT2D eigenvalue weighted by Crippen LogP contribution is -2.45. The van der Waals surface area contributed by atoms with Gasteiger partial charge in [-0.05, 0) is 19.3 Å². The van der Waals surface area contributed by atoms with Crippen molar-refractivity contribution in [2.45, 2.75) is 456 Å². The van der Waals surface area contributed by atoms with Gasteiger partial charge in [0, 0.05) is 6.42 Å². The van der Waals surface area contributed by atoms with E-state index in [9.17, 15) is 19.4 Å². The molecule has 0 bridgehead atoms. The fraction of sp³-hybridized carbons (Fsp3) is 0.963. The van der Waals surface area contributed by atoms with Gasteiger partial charge in [0.05, 0.1) is 39.9 Å². The van der Waals surface area contributed by atoms with Crippen LogP contribution >= 0.6 is 7.82 Å². The van der Waals surface area contributed by atoms with Crippen molar-refractivity contribution < 1.29 is 32.9 Å². The van der Waals surface area contributed by atoms with Gasteiger partial charge < -0.3 is 28.8 Å². The topological polar surface area (TPSA) is 108 Å². The molecular formula is C80H161N2O6P. The van der Waals surface area contributed by atoms with Gasteiger partial charge in [-0.1, -0.05) is 431 Å². The Labute approximate surface area is 558 Å². The molecule has 0 rings (SSSR count). The Morgan fingerprint density at radius 1 is 0.382 bits per heavy atom. The van der Waals surface area contributed by atoms with Gasteiger partial charge in [-0.15, -0.1) is 0 Å². The highest BCUT2D eigenvalue weighted by Crippen LogP contribution is 2.38. The first-order valence-electron chi connectivity index (χ1n) is 40.6.